The first-order valence-corrected chi connectivity index (χ1v) is 14.1. The summed E-state index contributed by atoms with van der Waals surface area (Å²) in [6, 6.07) is 19.9. The molecule has 5 rings (SSSR count). The van der Waals surface area contributed by atoms with Gasteiger partial charge >= 0.3 is 0 Å². The van der Waals surface area contributed by atoms with E-state index < -0.39 is 27.3 Å². The third-order valence-corrected chi connectivity index (χ3v) is 8.11. The lowest BCUT2D eigenvalue weighted by Crippen LogP contribution is -2.34. The Kier molecular flexibility index (Phi) is 6.59. The highest BCUT2D eigenvalue weighted by molar-refractivity contribution is 9.10. The number of fused-ring (bicyclic) bond motifs is 2. The van der Waals surface area contributed by atoms with E-state index in [0.29, 0.717) is 22.5 Å². The number of aryl methyl sites for hydroxylation is 1. The summed E-state index contributed by atoms with van der Waals surface area (Å²) in [6.07, 6.45) is 2.66. The van der Waals surface area contributed by atoms with E-state index in [9.17, 15) is 18.3 Å². The Balaban J connectivity index is 1.78. The summed E-state index contributed by atoms with van der Waals surface area (Å²) in [7, 11) is -4.29. The number of hydrogen-bond acceptors (Lipinski definition) is 4. The van der Waals surface area contributed by atoms with Crippen LogP contribution in [0.4, 0.5) is 0 Å². The highest BCUT2D eigenvalue weighted by Crippen LogP contribution is 2.32. The normalized spacial score (nSPS) is 15.1. The average molecular weight is 578 g/mol. The number of carbonyl (C=O) groups is 1. The molecule has 1 aromatic heterocycles. The maximum absolute atomic E-state index is 13.9. The Hall–Kier alpha value is -3.56. The molecule has 0 N–H and O–H groups in total. The van der Waals surface area contributed by atoms with Crippen LogP contribution in [0.5, 0.6) is 0 Å². The number of sulfonamides is 1. The van der Waals surface area contributed by atoms with Gasteiger partial charge in [-0.2, -0.15) is 17.4 Å². The van der Waals surface area contributed by atoms with Gasteiger partial charge in [0.25, 0.3) is 10.0 Å². The van der Waals surface area contributed by atoms with Crippen LogP contribution in [0.1, 0.15) is 36.2 Å². The highest BCUT2D eigenvalue weighted by Gasteiger charge is 2.35. The van der Waals surface area contributed by atoms with Gasteiger partial charge in [0.2, 0.25) is 12.1 Å². The minimum Gasteiger partial charge on any atom is -0.869 e. The van der Waals surface area contributed by atoms with Crippen LogP contribution in [0.15, 0.2) is 92.9 Å². The minimum atomic E-state index is -4.29. The number of rotatable bonds is 6. The van der Waals surface area contributed by atoms with Crippen LogP contribution in [0.3, 0.4) is 0 Å². The first-order valence-electron chi connectivity index (χ1n) is 11.8. The number of imidazole rings is 1. The van der Waals surface area contributed by atoms with Crippen molar-refractivity contribution in [2.75, 3.05) is 0 Å². The fourth-order valence-electron chi connectivity index (χ4n) is 4.37. The molecule has 188 valence electrons. The second-order valence-electron chi connectivity index (χ2n) is 9.27. The number of carbonyl (C=O) groups excluding carboxylic acids is 1. The van der Waals surface area contributed by atoms with Crippen molar-refractivity contribution in [3.63, 3.8) is 0 Å². The summed E-state index contributed by atoms with van der Waals surface area (Å²) in [5.74, 6) is -0.616. The summed E-state index contributed by atoms with van der Waals surface area (Å²) in [5.41, 5.74) is 1.41. The van der Waals surface area contributed by atoms with Crippen molar-refractivity contribution in [3.05, 3.63) is 94.7 Å². The van der Waals surface area contributed by atoms with Crippen LogP contribution in [-0.4, -0.2) is 24.5 Å². The number of Topliss-reactive ketones (excluding diaryl/α,β-unsaturated/α-hetero) is 1. The van der Waals surface area contributed by atoms with Crippen LogP contribution in [0, 0.1) is 5.92 Å². The van der Waals surface area contributed by atoms with E-state index in [0.717, 1.165) is 11.9 Å². The van der Waals surface area contributed by atoms with Crippen LogP contribution in [0.25, 0.3) is 22.5 Å². The molecule has 3 aromatic carbocycles. The Labute approximate surface area is 223 Å². The van der Waals surface area contributed by atoms with E-state index in [1.807, 2.05) is 28.8 Å². The van der Waals surface area contributed by atoms with Crippen molar-refractivity contribution in [2.45, 2.75) is 31.7 Å². The number of ketones is 1. The highest BCUT2D eigenvalue weighted by atomic mass is 79.9. The zero-order valence-corrected chi connectivity index (χ0v) is 22.7. The molecule has 0 spiro atoms. The van der Waals surface area contributed by atoms with Crippen molar-refractivity contribution in [1.29, 1.82) is 0 Å². The average Bonchev–Trinajstić information content (AvgIpc) is 3.24. The second kappa shape index (κ2) is 9.72. The number of aromatic nitrogens is 2. The van der Waals surface area contributed by atoms with Gasteiger partial charge in [-0.3, -0.25) is 4.79 Å². The molecule has 0 bridgehead atoms. The van der Waals surface area contributed by atoms with Crippen LogP contribution in [0.2, 0.25) is 0 Å². The lowest BCUT2D eigenvalue weighted by atomic mass is 9.91. The molecule has 0 saturated heterocycles. The van der Waals surface area contributed by atoms with Crippen molar-refractivity contribution in [2.24, 2.45) is 10.3 Å². The molecule has 0 fully saturated rings. The monoisotopic (exact) mass is 577 g/mol. The van der Waals surface area contributed by atoms with Gasteiger partial charge in [0.05, 0.1) is 11.4 Å². The molecule has 1 heterocycles. The molecule has 1 aliphatic rings. The number of halogens is 1. The van der Waals surface area contributed by atoms with E-state index in [2.05, 4.69) is 34.2 Å². The Morgan fingerprint density at radius 3 is 2.32 bits per heavy atom. The van der Waals surface area contributed by atoms with Gasteiger partial charge in [-0.1, -0.05) is 66.2 Å². The van der Waals surface area contributed by atoms with Crippen molar-refractivity contribution in [1.82, 2.24) is 4.57 Å². The quantitative estimate of drug-likeness (QED) is 0.316. The molecule has 0 saturated carbocycles. The molecule has 1 aliphatic carbocycles. The zero-order valence-electron chi connectivity index (χ0n) is 20.3. The fourth-order valence-corrected chi connectivity index (χ4v) is 5.62. The van der Waals surface area contributed by atoms with Gasteiger partial charge in [0, 0.05) is 10.0 Å². The summed E-state index contributed by atoms with van der Waals surface area (Å²) >= 11 is 3.29. The molecule has 4 aromatic rings. The van der Waals surface area contributed by atoms with Crippen LogP contribution < -0.4 is 9.67 Å². The molecule has 0 unspecified atom stereocenters. The maximum Gasteiger partial charge on any atom is 0.283 e. The smallest absolute Gasteiger partial charge is 0.283 e. The molecule has 7 nitrogen and oxygen atoms in total. The number of para-hydroxylation sites is 2. The number of allylic oxidation sites excluding steroid dienone is 1. The molecule has 0 amide bonds. The molecular weight excluding hydrogens is 554 g/mol. The van der Waals surface area contributed by atoms with Gasteiger partial charge in [0.15, 0.2) is 22.4 Å². The predicted molar refractivity (Wildman–Crippen MR) is 144 cm³/mol. The minimum absolute atomic E-state index is 0.0778. The van der Waals surface area contributed by atoms with Crippen molar-refractivity contribution < 1.29 is 22.9 Å². The predicted octanol–water partition coefficient (Wildman–Crippen LogP) is 4.45. The summed E-state index contributed by atoms with van der Waals surface area (Å²) in [4.78, 5) is 13.6. The molecule has 0 atom stereocenters. The standard InChI is InChI=1S/C28H24BrN3O4S/c1-18(2)15-16-31-17-32(24-10-6-5-9-23(24)31)26-25(27(33)21-7-3-4-8-22(21)28(26)34)30-37(35,36)20-13-11-19(29)12-14-20/h3-14,17-18H,15-16H2,1-2H3. The van der Waals surface area contributed by atoms with Crippen LogP contribution >= 0.6 is 15.9 Å². The van der Waals surface area contributed by atoms with Gasteiger partial charge < -0.3 is 5.11 Å². The van der Waals surface area contributed by atoms with Crippen molar-refractivity contribution >= 4 is 59.9 Å². The van der Waals surface area contributed by atoms with Gasteiger partial charge in [-0.05, 0) is 60.1 Å². The zero-order chi connectivity index (χ0) is 26.3. The summed E-state index contributed by atoms with van der Waals surface area (Å²) in [5, 5.41) is 13.9. The summed E-state index contributed by atoms with van der Waals surface area (Å²) < 4.78 is 34.9. The Morgan fingerprint density at radius 2 is 1.62 bits per heavy atom. The van der Waals surface area contributed by atoms with Gasteiger partial charge in [0.1, 0.15) is 0 Å². The van der Waals surface area contributed by atoms with Crippen molar-refractivity contribution in [3.8, 4) is 0 Å². The SMILES string of the molecule is CC(C)CC[n+]1cn(C2=C([O-])c3ccccc3C(=O)C2=NS(=O)(=O)c2ccc(Br)cc2)c2ccccc21. The third kappa shape index (κ3) is 4.65. The van der Waals surface area contributed by atoms with E-state index in [1.165, 1.54) is 18.2 Å². The second-order valence-corrected chi connectivity index (χ2v) is 11.8. The van der Waals surface area contributed by atoms with Gasteiger partial charge in [-0.25, -0.2) is 4.57 Å². The molecular formula is C28H24BrN3O4S. The molecule has 37 heavy (non-hydrogen) atoms. The molecule has 0 radical (unpaired) electrons. The fraction of sp³-hybridized carbons (Fsp3) is 0.179. The Bertz CT molecular complexity index is 1700. The molecule has 0 aliphatic heterocycles. The van der Waals surface area contributed by atoms with E-state index >= 15 is 0 Å². The topological polar surface area (TPSA) is 95.4 Å². The van der Waals surface area contributed by atoms with Crippen LogP contribution in [-0.2, 0) is 16.6 Å². The summed E-state index contributed by atoms with van der Waals surface area (Å²) in [6.45, 7) is 4.96. The lowest BCUT2D eigenvalue weighted by Gasteiger charge is -2.25. The lowest BCUT2D eigenvalue weighted by molar-refractivity contribution is -0.672. The van der Waals surface area contributed by atoms with E-state index in [-0.39, 0.29) is 21.7 Å². The van der Waals surface area contributed by atoms with E-state index in [4.69, 9.17) is 0 Å². The number of hydrogen-bond donors (Lipinski definition) is 0. The Morgan fingerprint density at radius 1 is 0.973 bits per heavy atom. The maximum atomic E-state index is 13.9. The first-order chi connectivity index (χ1) is 17.7. The molecule has 9 heteroatoms. The van der Waals surface area contributed by atoms with Gasteiger partial charge in [-0.15, -0.1) is 0 Å². The third-order valence-electron chi connectivity index (χ3n) is 6.29. The first kappa shape index (κ1) is 25.1. The number of nitrogens with zero attached hydrogens (tertiary/aromatic N) is 3. The van der Waals surface area contributed by atoms with E-state index in [1.54, 1.807) is 41.2 Å². The number of benzene rings is 3. The largest absolute Gasteiger partial charge is 0.869 e.